The lowest BCUT2D eigenvalue weighted by Crippen LogP contribution is -1.95. The van der Waals surface area contributed by atoms with Crippen molar-refractivity contribution in [1.82, 2.24) is 24.9 Å². The third kappa shape index (κ3) is 9.64. The van der Waals surface area contributed by atoms with Gasteiger partial charge in [0.2, 0.25) is 0 Å². The Morgan fingerprint density at radius 3 is 1.11 bits per heavy atom. The standard InChI is InChI=1S/C69H49N5O/c1-46-39-49(66-26-10-13-35-71-66)28-31-56(46)61-22-6-3-19-58(61)52-41-53(59-20-4-7-23-62(59)57-32-29-50(40-47(57)2)67-27-11-14-36-72-67)43-54(42-52)60-21-5-8-24-63(60)64-33-30-51(69-73-37-16-38-74-69)45-68(64)75-55-18-15-17-48(44-55)65-25-9-12-34-70-65/h3-45H,1-2H3. The number of pyridine rings is 3. The zero-order valence-corrected chi connectivity index (χ0v) is 41.5. The first-order chi connectivity index (χ1) is 37.0. The van der Waals surface area contributed by atoms with Gasteiger partial charge in [0, 0.05) is 58.8 Å². The molecule has 6 heteroatoms. The highest BCUT2D eigenvalue weighted by Gasteiger charge is 2.20. The average molecular weight is 964 g/mol. The molecule has 0 amide bonds. The molecule has 0 unspecified atom stereocenters. The fourth-order valence-corrected chi connectivity index (χ4v) is 10.1. The van der Waals surface area contributed by atoms with E-state index >= 15 is 0 Å². The fraction of sp³-hybridized carbons (Fsp3) is 0.0290. The molecule has 6 nitrogen and oxygen atoms in total. The minimum Gasteiger partial charge on any atom is -0.457 e. The molecule has 4 aromatic heterocycles. The van der Waals surface area contributed by atoms with Crippen LogP contribution in [0.25, 0.3) is 112 Å². The Morgan fingerprint density at radius 1 is 0.253 bits per heavy atom. The van der Waals surface area contributed by atoms with Gasteiger partial charge in [-0.25, -0.2) is 9.97 Å². The van der Waals surface area contributed by atoms with Gasteiger partial charge in [0.25, 0.3) is 0 Å². The van der Waals surface area contributed by atoms with Crippen LogP contribution < -0.4 is 4.74 Å². The van der Waals surface area contributed by atoms with Crippen molar-refractivity contribution in [2.75, 3.05) is 0 Å². The van der Waals surface area contributed by atoms with Crippen molar-refractivity contribution in [1.29, 1.82) is 0 Å². The Kier molecular flexibility index (Phi) is 12.7. The molecule has 0 radical (unpaired) electrons. The summed E-state index contributed by atoms with van der Waals surface area (Å²) in [5, 5.41) is 0. The van der Waals surface area contributed by atoms with Gasteiger partial charge >= 0.3 is 0 Å². The molecule has 4 heterocycles. The second kappa shape index (κ2) is 20.7. The molecule has 0 atom stereocenters. The van der Waals surface area contributed by atoms with Crippen molar-refractivity contribution in [2.24, 2.45) is 0 Å². The lowest BCUT2D eigenvalue weighted by Gasteiger charge is -2.20. The van der Waals surface area contributed by atoms with Crippen molar-refractivity contribution in [3.05, 3.63) is 273 Å². The fourth-order valence-electron chi connectivity index (χ4n) is 10.1. The number of rotatable bonds is 12. The van der Waals surface area contributed by atoms with Crippen LogP contribution in [0.3, 0.4) is 0 Å². The maximum atomic E-state index is 7.00. The summed E-state index contributed by atoms with van der Waals surface area (Å²) in [4.78, 5) is 23.2. The number of aryl methyl sites for hydroxylation is 2. The molecule has 0 saturated heterocycles. The summed E-state index contributed by atoms with van der Waals surface area (Å²) in [5.74, 6) is 1.97. The minimum atomic E-state index is 0.613. The predicted molar refractivity (Wildman–Crippen MR) is 306 cm³/mol. The Bertz CT molecular complexity index is 3840. The average Bonchev–Trinajstić information content (AvgIpc) is 3.48. The summed E-state index contributed by atoms with van der Waals surface area (Å²) in [7, 11) is 0. The Balaban J connectivity index is 1.04. The second-order valence-corrected chi connectivity index (χ2v) is 18.6. The van der Waals surface area contributed by atoms with Crippen LogP contribution in [-0.4, -0.2) is 24.9 Å². The molecular weight excluding hydrogens is 915 g/mol. The van der Waals surface area contributed by atoms with Crippen molar-refractivity contribution in [2.45, 2.75) is 13.8 Å². The zero-order valence-electron chi connectivity index (χ0n) is 41.5. The normalized spacial score (nSPS) is 11.1. The maximum Gasteiger partial charge on any atom is 0.159 e. The molecule has 356 valence electrons. The molecule has 12 rings (SSSR count). The highest BCUT2D eigenvalue weighted by Crippen LogP contribution is 2.46. The molecule has 8 aromatic carbocycles. The van der Waals surface area contributed by atoms with Gasteiger partial charge in [0.05, 0.1) is 17.1 Å². The van der Waals surface area contributed by atoms with Crippen LogP contribution in [0.2, 0.25) is 0 Å². The van der Waals surface area contributed by atoms with Gasteiger partial charge in [-0.3, -0.25) is 15.0 Å². The van der Waals surface area contributed by atoms with Crippen molar-refractivity contribution in [3.63, 3.8) is 0 Å². The van der Waals surface area contributed by atoms with E-state index in [1.807, 2.05) is 91.4 Å². The van der Waals surface area contributed by atoms with Crippen LogP contribution in [0, 0.1) is 13.8 Å². The summed E-state index contributed by atoms with van der Waals surface area (Å²) < 4.78 is 7.00. The van der Waals surface area contributed by atoms with Crippen LogP contribution in [0.5, 0.6) is 11.5 Å². The van der Waals surface area contributed by atoms with Gasteiger partial charge < -0.3 is 4.74 Å². The van der Waals surface area contributed by atoms with E-state index in [0.29, 0.717) is 17.3 Å². The summed E-state index contributed by atoms with van der Waals surface area (Å²) in [6, 6.07) is 80.7. The van der Waals surface area contributed by atoms with E-state index in [0.717, 1.165) is 106 Å². The van der Waals surface area contributed by atoms with E-state index in [2.05, 4.69) is 196 Å². The molecule has 12 aromatic rings. The van der Waals surface area contributed by atoms with E-state index in [4.69, 9.17) is 4.74 Å². The van der Waals surface area contributed by atoms with Crippen LogP contribution >= 0.6 is 0 Å². The van der Waals surface area contributed by atoms with Gasteiger partial charge in [-0.15, -0.1) is 0 Å². The number of ether oxygens (including phenoxy) is 1. The Morgan fingerprint density at radius 2 is 0.653 bits per heavy atom. The molecule has 0 spiro atoms. The predicted octanol–water partition coefficient (Wildman–Crippen LogP) is 17.7. The summed E-state index contributed by atoms with van der Waals surface area (Å²) >= 11 is 0. The first-order valence-electron chi connectivity index (χ1n) is 25.1. The van der Waals surface area contributed by atoms with E-state index < -0.39 is 0 Å². The molecule has 0 aliphatic rings. The SMILES string of the molecule is Cc1cc(-c2ccccn2)ccc1-c1ccccc1-c1cc(-c2ccccc2-c2ccc(-c3ccccn3)cc2C)cc(-c2ccccc2-c2ccc(-c3ncccn3)cc2Oc2cccc(-c3ccccn3)c2)c1. The van der Waals surface area contributed by atoms with Crippen LogP contribution in [0.4, 0.5) is 0 Å². The van der Waals surface area contributed by atoms with Crippen LogP contribution in [0.15, 0.2) is 262 Å². The Hall–Kier alpha value is -9.91. The molecular formula is C69H49N5O. The third-order valence-corrected chi connectivity index (χ3v) is 13.7. The van der Waals surface area contributed by atoms with E-state index in [1.165, 1.54) is 11.1 Å². The van der Waals surface area contributed by atoms with Crippen molar-refractivity contribution >= 4 is 0 Å². The first kappa shape index (κ1) is 46.2. The first-order valence-corrected chi connectivity index (χ1v) is 25.1. The largest absolute Gasteiger partial charge is 0.457 e. The van der Waals surface area contributed by atoms with Gasteiger partial charge in [-0.2, -0.15) is 0 Å². The lowest BCUT2D eigenvalue weighted by molar-refractivity contribution is 0.485. The quantitative estimate of drug-likeness (QED) is 0.121. The molecule has 0 bridgehead atoms. The van der Waals surface area contributed by atoms with Gasteiger partial charge in [0.15, 0.2) is 5.82 Å². The number of nitrogens with zero attached hydrogens (tertiary/aromatic N) is 5. The third-order valence-electron chi connectivity index (χ3n) is 13.7. The van der Waals surface area contributed by atoms with Crippen LogP contribution in [-0.2, 0) is 0 Å². The summed E-state index contributed by atoms with van der Waals surface area (Å²) in [6.07, 6.45) is 9.03. The summed E-state index contributed by atoms with van der Waals surface area (Å²) in [6.45, 7) is 4.38. The maximum absolute atomic E-state index is 7.00. The number of benzene rings is 8. The van der Waals surface area contributed by atoms with Gasteiger partial charge in [0.1, 0.15) is 11.5 Å². The minimum absolute atomic E-state index is 0.613. The number of hydrogen-bond donors (Lipinski definition) is 0. The van der Waals surface area contributed by atoms with Crippen molar-refractivity contribution in [3.8, 4) is 123 Å². The smallest absolute Gasteiger partial charge is 0.159 e. The van der Waals surface area contributed by atoms with E-state index in [-0.39, 0.29) is 0 Å². The second-order valence-electron chi connectivity index (χ2n) is 18.6. The summed E-state index contributed by atoms with van der Waals surface area (Å²) in [5.41, 5.74) is 22.2. The highest BCUT2D eigenvalue weighted by molar-refractivity contribution is 5.96. The number of aromatic nitrogens is 5. The topological polar surface area (TPSA) is 73.7 Å². The Labute approximate surface area is 437 Å². The lowest BCUT2D eigenvalue weighted by atomic mass is 9.85. The van der Waals surface area contributed by atoms with Crippen molar-refractivity contribution < 1.29 is 4.74 Å². The molecule has 0 saturated carbocycles. The van der Waals surface area contributed by atoms with E-state index in [1.54, 1.807) is 12.4 Å². The van der Waals surface area contributed by atoms with E-state index in [9.17, 15) is 0 Å². The highest BCUT2D eigenvalue weighted by atomic mass is 16.5. The van der Waals surface area contributed by atoms with Crippen LogP contribution in [0.1, 0.15) is 11.1 Å². The molecule has 0 fully saturated rings. The molecule has 0 aliphatic heterocycles. The molecule has 0 aliphatic carbocycles. The molecule has 0 N–H and O–H groups in total. The number of hydrogen-bond acceptors (Lipinski definition) is 6. The van der Waals surface area contributed by atoms with Gasteiger partial charge in [-0.1, -0.05) is 133 Å². The zero-order chi connectivity index (χ0) is 50.5. The molecule has 75 heavy (non-hydrogen) atoms. The monoisotopic (exact) mass is 963 g/mol. The van der Waals surface area contributed by atoms with Gasteiger partial charge in [-0.05, 0) is 183 Å².